The minimum absolute atomic E-state index is 0.00188. The van der Waals surface area contributed by atoms with Gasteiger partial charge < -0.3 is 4.90 Å². The largest absolute Gasteiger partial charge is 0.338 e. The van der Waals surface area contributed by atoms with Gasteiger partial charge in [0.1, 0.15) is 0 Å². The molecular weight excluding hydrogens is 410 g/mol. The number of hydrogen-bond acceptors (Lipinski definition) is 4. The Morgan fingerprint density at radius 1 is 1.03 bits per heavy atom. The van der Waals surface area contributed by atoms with Crippen LogP contribution in [0.15, 0.2) is 71.6 Å². The summed E-state index contributed by atoms with van der Waals surface area (Å²) in [6.07, 6.45) is 1.86. The third-order valence-corrected chi connectivity index (χ3v) is 6.57. The maximum absolute atomic E-state index is 13.0. The normalized spacial score (nSPS) is 16.8. The Morgan fingerprint density at radius 3 is 2.42 bits per heavy atom. The summed E-state index contributed by atoms with van der Waals surface area (Å²) < 4.78 is 22.9. The number of pyridine rings is 1. The van der Waals surface area contributed by atoms with Crippen LogP contribution in [0.3, 0.4) is 0 Å². The molecule has 0 unspecified atom stereocenters. The number of piperidine rings is 1. The van der Waals surface area contributed by atoms with Gasteiger partial charge in [-0.05, 0) is 67.3 Å². The minimum Gasteiger partial charge on any atom is -0.338 e. The second-order valence-electron chi connectivity index (χ2n) is 7.95. The number of carbonyl (C=O) groups excluding carboxylic acids is 1. The fourth-order valence-corrected chi connectivity index (χ4v) is 4.59. The van der Waals surface area contributed by atoms with Crippen LogP contribution >= 0.6 is 0 Å². The van der Waals surface area contributed by atoms with Gasteiger partial charge in [-0.1, -0.05) is 30.3 Å². The molecule has 0 spiro atoms. The van der Waals surface area contributed by atoms with E-state index in [1.807, 2.05) is 30.0 Å². The fraction of sp³-hybridized carbons (Fsp3) is 0.250. The molecule has 1 aliphatic rings. The molecule has 4 rings (SSSR count). The summed E-state index contributed by atoms with van der Waals surface area (Å²) in [5.41, 5.74) is 4.69. The first-order chi connectivity index (χ1) is 14.8. The third kappa shape index (κ3) is 4.84. The van der Waals surface area contributed by atoms with Gasteiger partial charge in [-0.2, -0.15) is 0 Å². The molecule has 0 aliphatic carbocycles. The van der Waals surface area contributed by atoms with E-state index in [-0.39, 0.29) is 16.7 Å². The highest BCUT2D eigenvalue weighted by Gasteiger charge is 2.27. The summed E-state index contributed by atoms with van der Waals surface area (Å²) in [7, 11) is -3.78. The van der Waals surface area contributed by atoms with Gasteiger partial charge in [0.05, 0.1) is 4.90 Å². The number of benzene rings is 2. The van der Waals surface area contributed by atoms with E-state index in [0.717, 1.165) is 35.4 Å². The van der Waals surface area contributed by atoms with Crippen molar-refractivity contribution in [3.63, 3.8) is 0 Å². The molecule has 0 radical (unpaired) electrons. The maximum atomic E-state index is 13.0. The number of aryl methyl sites for hydroxylation is 1. The van der Waals surface area contributed by atoms with Gasteiger partial charge in [-0.25, -0.2) is 13.6 Å². The van der Waals surface area contributed by atoms with Crippen molar-refractivity contribution in [2.24, 2.45) is 5.14 Å². The number of nitrogens with two attached hydrogens (primary N) is 1. The number of likely N-dealkylation sites (tertiary alicyclic amines) is 1. The molecule has 6 nitrogen and oxygen atoms in total. The van der Waals surface area contributed by atoms with Crippen molar-refractivity contribution in [2.45, 2.75) is 30.6 Å². The number of hydrogen-bond donors (Lipinski definition) is 1. The monoisotopic (exact) mass is 435 g/mol. The molecule has 1 amide bonds. The Bertz CT molecular complexity index is 1190. The van der Waals surface area contributed by atoms with Gasteiger partial charge in [0.15, 0.2) is 0 Å². The zero-order chi connectivity index (χ0) is 22.0. The van der Waals surface area contributed by atoms with Crippen molar-refractivity contribution in [3.05, 3.63) is 83.7 Å². The van der Waals surface area contributed by atoms with E-state index >= 15 is 0 Å². The molecule has 31 heavy (non-hydrogen) atoms. The number of nitrogens with zero attached hydrogens (tertiary/aromatic N) is 2. The van der Waals surface area contributed by atoms with Crippen LogP contribution in [-0.4, -0.2) is 37.3 Å². The summed E-state index contributed by atoms with van der Waals surface area (Å²) in [5, 5.41) is 5.14. The molecule has 160 valence electrons. The molecule has 3 aromatic rings. The second-order valence-corrected chi connectivity index (χ2v) is 9.51. The summed E-state index contributed by atoms with van der Waals surface area (Å²) in [6.45, 7) is 3.25. The molecule has 2 N–H and O–H groups in total. The van der Waals surface area contributed by atoms with E-state index in [4.69, 9.17) is 10.1 Å². The topological polar surface area (TPSA) is 93.4 Å². The van der Waals surface area contributed by atoms with Gasteiger partial charge in [-0.15, -0.1) is 0 Å². The average Bonchev–Trinajstić information content (AvgIpc) is 2.78. The van der Waals surface area contributed by atoms with Crippen LogP contribution < -0.4 is 5.14 Å². The average molecular weight is 436 g/mol. The zero-order valence-corrected chi connectivity index (χ0v) is 18.2. The quantitative estimate of drug-likeness (QED) is 0.676. The number of primary sulfonamides is 1. The molecule has 1 fully saturated rings. The van der Waals surface area contributed by atoms with Crippen molar-refractivity contribution in [1.29, 1.82) is 0 Å². The van der Waals surface area contributed by atoms with Crippen molar-refractivity contribution in [1.82, 2.24) is 9.88 Å². The minimum atomic E-state index is -3.78. The number of aromatic nitrogens is 1. The standard InChI is InChI=1S/C24H25N3O3S/c1-17-14-21(18-6-3-2-4-7-18)15-23(26-17)20-8-5-13-27(16-20)24(28)19-9-11-22(12-10-19)31(25,29)30/h2-4,6-7,9-12,14-15,20H,5,8,13,16H2,1H3,(H2,25,29,30)/t20-/m1/s1. The molecular formula is C24H25N3O3S. The SMILES string of the molecule is Cc1cc(-c2ccccc2)cc([C@@H]2CCCN(C(=O)c3ccc(S(N)(=O)=O)cc3)C2)n1. The predicted octanol–water partition coefficient (Wildman–Crippen LogP) is 3.72. The molecule has 0 bridgehead atoms. The third-order valence-electron chi connectivity index (χ3n) is 5.64. The molecule has 1 atom stereocenters. The highest BCUT2D eigenvalue weighted by atomic mass is 32.2. The number of amides is 1. The van der Waals surface area contributed by atoms with Crippen molar-refractivity contribution in [2.75, 3.05) is 13.1 Å². The molecule has 7 heteroatoms. The first kappa shape index (κ1) is 21.2. The number of carbonyl (C=O) groups is 1. The lowest BCUT2D eigenvalue weighted by atomic mass is 9.92. The van der Waals surface area contributed by atoms with Crippen LogP contribution in [0.4, 0.5) is 0 Å². The molecule has 1 aromatic heterocycles. The van der Waals surface area contributed by atoms with E-state index in [0.29, 0.717) is 18.7 Å². The fourth-order valence-electron chi connectivity index (χ4n) is 4.07. The molecule has 0 saturated carbocycles. The van der Waals surface area contributed by atoms with Gasteiger partial charge in [-0.3, -0.25) is 9.78 Å². The molecule has 1 aliphatic heterocycles. The highest BCUT2D eigenvalue weighted by Crippen LogP contribution is 2.30. The molecule has 2 aromatic carbocycles. The maximum Gasteiger partial charge on any atom is 0.253 e. The van der Waals surface area contributed by atoms with Crippen LogP contribution in [0.25, 0.3) is 11.1 Å². The van der Waals surface area contributed by atoms with E-state index in [9.17, 15) is 13.2 Å². The number of sulfonamides is 1. The Balaban J connectivity index is 1.55. The lowest BCUT2D eigenvalue weighted by Gasteiger charge is -2.33. The van der Waals surface area contributed by atoms with Crippen molar-refractivity contribution < 1.29 is 13.2 Å². The smallest absolute Gasteiger partial charge is 0.253 e. The van der Waals surface area contributed by atoms with E-state index in [1.54, 1.807) is 0 Å². The summed E-state index contributed by atoms with van der Waals surface area (Å²) in [5.74, 6) is 0.0466. The van der Waals surface area contributed by atoms with Crippen LogP contribution in [-0.2, 0) is 10.0 Å². The van der Waals surface area contributed by atoms with Gasteiger partial charge in [0.25, 0.3) is 5.91 Å². The van der Waals surface area contributed by atoms with Gasteiger partial charge >= 0.3 is 0 Å². The van der Waals surface area contributed by atoms with Gasteiger partial charge in [0, 0.05) is 36.0 Å². The van der Waals surface area contributed by atoms with Crippen LogP contribution in [0.2, 0.25) is 0 Å². The van der Waals surface area contributed by atoms with Crippen LogP contribution in [0.5, 0.6) is 0 Å². The highest BCUT2D eigenvalue weighted by molar-refractivity contribution is 7.89. The van der Waals surface area contributed by atoms with Crippen molar-refractivity contribution >= 4 is 15.9 Å². The molecule has 2 heterocycles. The first-order valence-electron chi connectivity index (χ1n) is 10.3. The van der Waals surface area contributed by atoms with E-state index in [2.05, 4.69) is 24.3 Å². The Labute approximate surface area is 182 Å². The Morgan fingerprint density at radius 2 is 1.74 bits per heavy atom. The Kier molecular flexibility index (Phi) is 5.89. The Hall–Kier alpha value is -3.03. The predicted molar refractivity (Wildman–Crippen MR) is 120 cm³/mol. The second kappa shape index (κ2) is 8.61. The zero-order valence-electron chi connectivity index (χ0n) is 17.4. The van der Waals surface area contributed by atoms with Crippen molar-refractivity contribution in [3.8, 4) is 11.1 Å². The summed E-state index contributed by atoms with van der Waals surface area (Å²) >= 11 is 0. The van der Waals surface area contributed by atoms with Gasteiger partial charge in [0.2, 0.25) is 10.0 Å². The van der Waals surface area contributed by atoms with E-state index in [1.165, 1.54) is 24.3 Å². The van der Waals surface area contributed by atoms with Crippen LogP contribution in [0, 0.1) is 6.92 Å². The summed E-state index contributed by atoms with van der Waals surface area (Å²) in [6, 6.07) is 20.2. The lowest BCUT2D eigenvalue weighted by molar-refractivity contribution is 0.0706. The van der Waals surface area contributed by atoms with Crippen LogP contribution in [0.1, 0.15) is 40.5 Å². The lowest BCUT2D eigenvalue weighted by Crippen LogP contribution is -2.39. The van der Waals surface area contributed by atoms with E-state index < -0.39 is 10.0 Å². The summed E-state index contributed by atoms with van der Waals surface area (Å²) in [4.78, 5) is 19.6. The molecule has 1 saturated heterocycles. The number of rotatable bonds is 4. The first-order valence-corrected chi connectivity index (χ1v) is 11.8.